The van der Waals surface area contributed by atoms with Gasteiger partial charge >= 0.3 is 6.09 Å². The van der Waals surface area contributed by atoms with E-state index in [1.54, 1.807) is 29.2 Å². The van der Waals surface area contributed by atoms with E-state index >= 15 is 0 Å². The molecule has 1 saturated heterocycles. The number of carbonyl (C=O) groups excluding carboxylic acids is 2. The second-order valence-corrected chi connectivity index (χ2v) is 10.8. The molecule has 2 aromatic carbocycles. The lowest BCUT2D eigenvalue weighted by atomic mass is 9.91. The van der Waals surface area contributed by atoms with E-state index in [0.29, 0.717) is 35.3 Å². The first-order valence-electron chi connectivity index (χ1n) is 12.0. The summed E-state index contributed by atoms with van der Waals surface area (Å²) in [6.45, 7) is 6.94. The number of likely N-dealkylation sites (tertiary alicyclic amines) is 1. The van der Waals surface area contributed by atoms with Crippen LogP contribution in [0, 0.1) is 0 Å². The molecular formula is C27H30ClN3O3. The standard InChI is InChI=1S/C27H30ClN3O3/c1-27(2,3)34-26(33)30-14-12-17(13-15-30)24-22-16-19(25(32)18-4-7-20(28)8-5-18)6-11-23(22)31(29-24)21-9-10-21/h4-8,11,16-17,21H,9-10,12-15H2,1-3H3. The molecule has 1 saturated carbocycles. The second kappa shape index (κ2) is 8.73. The Labute approximate surface area is 204 Å². The van der Waals surface area contributed by atoms with Gasteiger partial charge in [-0.25, -0.2) is 4.79 Å². The first-order valence-corrected chi connectivity index (χ1v) is 12.4. The summed E-state index contributed by atoms with van der Waals surface area (Å²) in [5.41, 5.74) is 2.89. The number of rotatable bonds is 4. The van der Waals surface area contributed by atoms with E-state index in [-0.39, 0.29) is 17.8 Å². The normalized spacial score (nSPS) is 17.2. The number of hydrogen-bond acceptors (Lipinski definition) is 4. The topological polar surface area (TPSA) is 64.4 Å². The fourth-order valence-electron chi connectivity index (χ4n) is 4.63. The molecule has 6 nitrogen and oxygen atoms in total. The average Bonchev–Trinajstić information content (AvgIpc) is 3.58. The van der Waals surface area contributed by atoms with E-state index in [1.807, 2.05) is 39.0 Å². The Morgan fingerprint density at radius 1 is 0.971 bits per heavy atom. The number of ketones is 1. The van der Waals surface area contributed by atoms with Crippen LogP contribution in [-0.2, 0) is 4.74 Å². The molecule has 5 rings (SSSR count). The van der Waals surface area contributed by atoms with E-state index in [1.165, 1.54) is 0 Å². The maximum Gasteiger partial charge on any atom is 0.410 e. The van der Waals surface area contributed by atoms with Crippen molar-refractivity contribution < 1.29 is 14.3 Å². The third-order valence-electron chi connectivity index (χ3n) is 6.53. The SMILES string of the molecule is CC(C)(C)OC(=O)N1CCC(c2nn(C3CC3)c3ccc(C(=O)c4ccc(Cl)cc4)cc23)CC1. The van der Waals surface area contributed by atoms with Crippen molar-refractivity contribution in [3.63, 3.8) is 0 Å². The lowest BCUT2D eigenvalue weighted by Gasteiger charge is -2.33. The Morgan fingerprint density at radius 3 is 2.24 bits per heavy atom. The smallest absolute Gasteiger partial charge is 0.410 e. The minimum absolute atomic E-state index is 0.0246. The van der Waals surface area contributed by atoms with Crippen LogP contribution in [0.25, 0.3) is 10.9 Å². The van der Waals surface area contributed by atoms with Crippen LogP contribution in [0.15, 0.2) is 42.5 Å². The molecular weight excluding hydrogens is 450 g/mol. The molecule has 2 fully saturated rings. The van der Waals surface area contributed by atoms with Gasteiger partial charge in [0, 0.05) is 40.5 Å². The Hall–Kier alpha value is -2.86. The molecule has 0 N–H and O–H groups in total. The van der Waals surface area contributed by atoms with Crippen molar-refractivity contribution >= 4 is 34.4 Å². The van der Waals surface area contributed by atoms with Gasteiger partial charge in [-0.3, -0.25) is 9.48 Å². The van der Waals surface area contributed by atoms with Crippen molar-refractivity contribution in [2.45, 2.75) is 64.0 Å². The van der Waals surface area contributed by atoms with Crippen LogP contribution in [0.5, 0.6) is 0 Å². The maximum absolute atomic E-state index is 13.1. The van der Waals surface area contributed by atoms with Gasteiger partial charge in [-0.2, -0.15) is 5.10 Å². The minimum atomic E-state index is -0.500. The fraction of sp³-hybridized carbons (Fsp3) is 0.444. The molecule has 1 aromatic heterocycles. The lowest BCUT2D eigenvalue weighted by Crippen LogP contribution is -2.41. The Balaban J connectivity index is 1.42. The summed E-state index contributed by atoms with van der Waals surface area (Å²) < 4.78 is 7.69. The van der Waals surface area contributed by atoms with Crippen molar-refractivity contribution in [3.8, 4) is 0 Å². The molecule has 0 spiro atoms. The molecule has 1 aliphatic carbocycles. The summed E-state index contributed by atoms with van der Waals surface area (Å²) in [6.07, 6.45) is 3.67. The number of hydrogen-bond donors (Lipinski definition) is 0. The van der Waals surface area contributed by atoms with Crippen molar-refractivity contribution in [2.24, 2.45) is 0 Å². The number of benzene rings is 2. The van der Waals surface area contributed by atoms with Crippen molar-refractivity contribution in [3.05, 3.63) is 64.3 Å². The van der Waals surface area contributed by atoms with Crippen LogP contribution in [0.3, 0.4) is 0 Å². The van der Waals surface area contributed by atoms with Gasteiger partial charge in [-0.15, -0.1) is 0 Å². The first kappa shape index (κ1) is 22.9. The van der Waals surface area contributed by atoms with Crippen LogP contribution in [-0.4, -0.2) is 45.2 Å². The summed E-state index contributed by atoms with van der Waals surface area (Å²) in [6, 6.07) is 13.4. The number of amides is 1. The summed E-state index contributed by atoms with van der Waals surface area (Å²) in [7, 11) is 0. The molecule has 2 heterocycles. The average molecular weight is 480 g/mol. The molecule has 34 heavy (non-hydrogen) atoms. The number of ether oxygens (including phenoxy) is 1. The van der Waals surface area contributed by atoms with Gasteiger partial charge in [0.1, 0.15) is 5.60 Å². The van der Waals surface area contributed by atoms with E-state index in [9.17, 15) is 9.59 Å². The molecule has 1 amide bonds. The molecule has 0 radical (unpaired) electrons. The van der Waals surface area contributed by atoms with E-state index in [4.69, 9.17) is 21.4 Å². The first-order chi connectivity index (χ1) is 16.2. The third-order valence-corrected chi connectivity index (χ3v) is 6.78. The molecule has 2 aliphatic rings. The highest BCUT2D eigenvalue weighted by molar-refractivity contribution is 6.30. The van der Waals surface area contributed by atoms with Crippen LogP contribution >= 0.6 is 11.6 Å². The highest BCUT2D eigenvalue weighted by atomic mass is 35.5. The summed E-state index contributed by atoms with van der Waals surface area (Å²) in [5, 5.41) is 6.70. The molecule has 7 heteroatoms. The van der Waals surface area contributed by atoms with E-state index < -0.39 is 5.60 Å². The van der Waals surface area contributed by atoms with Gasteiger partial charge in [0.15, 0.2) is 5.78 Å². The van der Waals surface area contributed by atoms with Gasteiger partial charge in [0.05, 0.1) is 17.3 Å². The zero-order valence-corrected chi connectivity index (χ0v) is 20.6. The van der Waals surface area contributed by atoms with Crippen LogP contribution in [0.2, 0.25) is 5.02 Å². The number of carbonyl (C=O) groups is 2. The fourth-order valence-corrected chi connectivity index (χ4v) is 4.76. The molecule has 178 valence electrons. The van der Waals surface area contributed by atoms with Gasteiger partial charge in [0.2, 0.25) is 0 Å². The lowest BCUT2D eigenvalue weighted by molar-refractivity contribution is 0.0204. The van der Waals surface area contributed by atoms with Gasteiger partial charge in [0.25, 0.3) is 0 Å². The minimum Gasteiger partial charge on any atom is -0.444 e. The van der Waals surface area contributed by atoms with Gasteiger partial charge < -0.3 is 9.64 Å². The Bertz CT molecular complexity index is 1230. The summed E-state index contributed by atoms with van der Waals surface area (Å²) in [4.78, 5) is 27.4. The monoisotopic (exact) mass is 479 g/mol. The number of nitrogens with zero attached hydrogens (tertiary/aromatic N) is 3. The summed E-state index contributed by atoms with van der Waals surface area (Å²) in [5.74, 6) is 0.213. The second-order valence-electron chi connectivity index (χ2n) is 10.4. The highest BCUT2D eigenvalue weighted by Crippen LogP contribution is 2.40. The summed E-state index contributed by atoms with van der Waals surface area (Å²) >= 11 is 5.99. The molecule has 1 aliphatic heterocycles. The highest BCUT2D eigenvalue weighted by Gasteiger charge is 2.32. The Morgan fingerprint density at radius 2 is 1.62 bits per heavy atom. The number of fused-ring (bicyclic) bond motifs is 1. The van der Waals surface area contributed by atoms with Crippen LogP contribution < -0.4 is 0 Å². The zero-order chi connectivity index (χ0) is 24.0. The number of halogens is 1. The number of piperidine rings is 1. The van der Waals surface area contributed by atoms with Gasteiger partial charge in [-0.1, -0.05) is 11.6 Å². The van der Waals surface area contributed by atoms with Crippen LogP contribution in [0.4, 0.5) is 4.79 Å². The van der Waals surface area contributed by atoms with Crippen molar-refractivity contribution in [1.29, 1.82) is 0 Å². The molecule has 0 unspecified atom stereocenters. The van der Waals surface area contributed by atoms with E-state index in [2.05, 4.69) is 4.68 Å². The molecule has 0 bridgehead atoms. The largest absolute Gasteiger partial charge is 0.444 e. The maximum atomic E-state index is 13.1. The molecule has 0 atom stereocenters. The third kappa shape index (κ3) is 4.69. The predicted molar refractivity (Wildman–Crippen MR) is 133 cm³/mol. The Kier molecular flexibility index (Phi) is 5.88. The zero-order valence-electron chi connectivity index (χ0n) is 19.9. The van der Waals surface area contributed by atoms with Gasteiger partial charge in [-0.05, 0) is 88.9 Å². The number of aromatic nitrogens is 2. The van der Waals surface area contributed by atoms with Crippen molar-refractivity contribution in [1.82, 2.24) is 14.7 Å². The quantitative estimate of drug-likeness (QED) is 0.408. The predicted octanol–water partition coefficient (Wildman–Crippen LogP) is 6.37. The molecule has 3 aromatic rings. The van der Waals surface area contributed by atoms with Crippen LogP contribution in [0.1, 0.15) is 80.0 Å². The van der Waals surface area contributed by atoms with E-state index in [0.717, 1.165) is 42.3 Å². The van der Waals surface area contributed by atoms with Crippen molar-refractivity contribution in [2.75, 3.05) is 13.1 Å².